The zero-order chi connectivity index (χ0) is 18.2. The topological polar surface area (TPSA) is 44.8 Å². The molecule has 5 heteroatoms. The van der Waals surface area contributed by atoms with Gasteiger partial charge in [0.05, 0.1) is 0 Å². The smallest absolute Gasteiger partial charge is 0.131 e. The van der Waals surface area contributed by atoms with Gasteiger partial charge in [0, 0.05) is 71.5 Å². The fraction of sp³-hybridized carbons (Fsp3) is 0.455. The van der Waals surface area contributed by atoms with Gasteiger partial charge in [0.25, 0.3) is 0 Å². The van der Waals surface area contributed by atoms with Gasteiger partial charge in [-0.2, -0.15) is 0 Å². The van der Waals surface area contributed by atoms with Crippen LogP contribution in [0.5, 0.6) is 0 Å². The fourth-order valence-corrected chi connectivity index (χ4v) is 4.78. The number of rotatable bonds is 3. The zero-order valence-electron chi connectivity index (χ0n) is 15.5. The van der Waals surface area contributed by atoms with Crippen molar-refractivity contribution in [1.82, 2.24) is 19.9 Å². The highest BCUT2D eigenvalue weighted by Gasteiger charge is 2.23. The number of nitrogens with one attached hydrogen (secondary N) is 1. The molecule has 1 aliphatic carbocycles. The predicted octanol–water partition coefficient (Wildman–Crippen LogP) is 5.22. The zero-order valence-corrected chi connectivity index (χ0v) is 16.3. The molecule has 0 unspecified atom stereocenters. The van der Waals surface area contributed by atoms with Gasteiger partial charge in [-0.05, 0) is 36.6 Å². The van der Waals surface area contributed by atoms with E-state index in [4.69, 9.17) is 21.6 Å². The Morgan fingerprint density at radius 3 is 2.96 bits per heavy atom. The van der Waals surface area contributed by atoms with Crippen LogP contribution in [-0.2, 0) is 19.5 Å². The quantitative estimate of drug-likeness (QED) is 0.677. The Balaban J connectivity index is 1.32. The van der Waals surface area contributed by atoms with Crippen LogP contribution in [0.25, 0.3) is 10.9 Å². The Labute approximate surface area is 165 Å². The molecule has 27 heavy (non-hydrogen) atoms. The molecule has 0 atom stereocenters. The van der Waals surface area contributed by atoms with Crippen molar-refractivity contribution in [2.45, 2.75) is 57.5 Å². The van der Waals surface area contributed by atoms with Crippen LogP contribution in [0.2, 0.25) is 5.02 Å². The SMILES string of the molecule is Clc1ccc2[nH]cc(CN3CCc4nc(C5CCCCC5)ncc4C3)c2c1. The van der Waals surface area contributed by atoms with E-state index in [1.807, 2.05) is 12.1 Å². The van der Waals surface area contributed by atoms with Gasteiger partial charge in [0.2, 0.25) is 0 Å². The van der Waals surface area contributed by atoms with Gasteiger partial charge in [0.15, 0.2) is 0 Å². The molecule has 3 aromatic rings. The Kier molecular flexibility index (Phi) is 4.62. The average molecular weight is 381 g/mol. The molecule has 0 bridgehead atoms. The maximum absolute atomic E-state index is 6.19. The third kappa shape index (κ3) is 3.48. The van der Waals surface area contributed by atoms with E-state index >= 15 is 0 Å². The summed E-state index contributed by atoms with van der Waals surface area (Å²) in [5, 5.41) is 2.01. The summed E-state index contributed by atoms with van der Waals surface area (Å²) in [6, 6.07) is 6.04. The van der Waals surface area contributed by atoms with E-state index in [1.54, 1.807) is 0 Å². The Morgan fingerprint density at radius 1 is 1.19 bits per heavy atom. The van der Waals surface area contributed by atoms with Crippen LogP contribution in [0.4, 0.5) is 0 Å². The first-order chi connectivity index (χ1) is 13.3. The van der Waals surface area contributed by atoms with E-state index in [1.165, 1.54) is 54.3 Å². The summed E-state index contributed by atoms with van der Waals surface area (Å²) < 4.78 is 0. The maximum atomic E-state index is 6.19. The molecule has 5 rings (SSSR count). The Morgan fingerprint density at radius 2 is 2.07 bits per heavy atom. The molecule has 3 heterocycles. The summed E-state index contributed by atoms with van der Waals surface area (Å²) in [4.78, 5) is 15.6. The largest absolute Gasteiger partial charge is 0.361 e. The highest BCUT2D eigenvalue weighted by molar-refractivity contribution is 6.31. The van der Waals surface area contributed by atoms with Crippen molar-refractivity contribution < 1.29 is 0 Å². The average Bonchev–Trinajstić information content (AvgIpc) is 3.10. The van der Waals surface area contributed by atoms with Gasteiger partial charge in [-0.15, -0.1) is 0 Å². The predicted molar refractivity (Wildman–Crippen MR) is 109 cm³/mol. The van der Waals surface area contributed by atoms with Crippen molar-refractivity contribution in [2.24, 2.45) is 0 Å². The second kappa shape index (κ2) is 7.25. The number of aromatic amines is 1. The summed E-state index contributed by atoms with van der Waals surface area (Å²) in [5.41, 5.74) is 5.01. The molecule has 1 saturated carbocycles. The van der Waals surface area contributed by atoms with E-state index in [0.717, 1.165) is 42.4 Å². The van der Waals surface area contributed by atoms with Crippen LogP contribution in [0, 0.1) is 0 Å². The molecule has 4 nitrogen and oxygen atoms in total. The summed E-state index contributed by atoms with van der Waals surface area (Å²) in [7, 11) is 0. The van der Waals surface area contributed by atoms with E-state index in [-0.39, 0.29) is 0 Å². The molecule has 2 aliphatic rings. The second-order valence-electron chi connectivity index (χ2n) is 8.00. The number of hydrogen-bond acceptors (Lipinski definition) is 3. The summed E-state index contributed by atoms with van der Waals surface area (Å²) in [6.07, 6.45) is 11.8. The first kappa shape index (κ1) is 17.2. The molecule has 0 spiro atoms. The molecule has 0 amide bonds. The molecule has 1 N–H and O–H groups in total. The molecule has 1 aromatic carbocycles. The standard InChI is InChI=1S/C22H25ClN4/c23-18-6-7-21-19(10-18)16(11-24-21)13-27-9-8-20-17(14-27)12-25-22(26-20)15-4-2-1-3-5-15/h6-7,10-12,15,24H,1-5,8-9,13-14H2. The number of fused-ring (bicyclic) bond motifs is 2. The number of aromatic nitrogens is 3. The fourth-order valence-electron chi connectivity index (χ4n) is 4.60. The van der Waals surface area contributed by atoms with Crippen molar-refractivity contribution in [2.75, 3.05) is 6.54 Å². The Hall–Kier alpha value is -1.91. The van der Waals surface area contributed by atoms with Gasteiger partial charge >= 0.3 is 0 Å². The monoisotopic (exact) mass is 380 g/mol. The van der Waals surface area contributed by atoms with Crippen molar-refractivity contribution >= 4 is 22.5 Å². The number of hydrogen-bond donors (Lipinski definition) is 1. The lowest BCUT2D eigenvalue weighted by Crippen LogP contribution is -2.31. The molecule has 1 fully saturated rings. The third-order valence-corrected chi connectivity index (χ3v) is 6.36. The highest BCUT2D eigenvalue weighted by atomic mass is 35.5. The summed E-state index contributed by atoms with van der Waals surface area (Å²) in [5.74, 6) is 1.67. The lowest BCUT2D eigenvalue weighted by Gasteiger charge is -2.29. The number of H-pyrrole nitrogens is 1. The van der Waals surface area contributed by atoms with Crippen LogP contribution in [-0.4, -0.2) is 26.4 Å². The molecule has 0 radical (unpaired) electrons. The first-order valence-corrected chi connectivity index (χ1v) is 10.5. The maximum Gasteiger partial charge on any atom is 0.131 e. The first-order valence-electron chi connectivity index (χ1n) is 10.1. The highest BCUT2D eigenvalue weighted by Crippen LogP contribution is 2.32. The minimum atomic E-state index is 0.582. The van der Waals surface area contributed by atoms with Crippen LogP contribution in [0.3, 0.4) is 0 Å². The van der Waals surface area contributed by atoms with Gasteiger partial charge < -0.3 is 4.98 Å². The number of halogens is 1. The van der Waals surface area contributed by atoms with E-state index in [0.29, 0.717) is 5.92 Å². The number of nitrogens with zero attached hydrogens (tertiary/aromatic N) is 3. The van der Waals surface area contributed by atoms with Gasteiger partial charge in [-0.25, -0.2) is 9.97 Å². The number of benzene rings is 1. The summed E-state index contributed by atoms with van der Waals surface area (Å²) in [6.45, 7) is 2.89. The van der Waals surface area contributed by atoms with Crippen molar-refractivity contribution in [1.29, 1.82) is 0 Å². The van der Waals surface area contributed by atoms with E-state index < -0.39 is 0 Å². The normalized spacial score (nSPS) is 18.7. The van der Waals surface area contributed by atoms with Crippen molar-refractivity contribution in [3.05, 3.63) is 58.3 Å². The lowest BCUT2D eigenvalue weighted by atomic mass is 9.88. The third-order valence-electron chi connectivity index (χ3n) is 6.13. The molecule has 0 saturated heterocycles. The van der Waals surface area contributed by atoms with Gasteiger partial charge in [-0.3, -0.25) is 4.90 Å². The molecule has 1 aliphatic heterocycles. The van der Waals surface area contributed by atoms with E-state index in [2.05, 4.69) is 28.3 Å². The molecule has 2 aromatic heterocycles. The van der Waals surface area contributed by atoms with E-state index in [9.17, 15) is 0 Å². The lowest BCUT2D eigenvalue weighted by molar-refractivity contribution is 0.243. The van der Waals surface area contributed by atoms with Crippen molar-refractivity contribution in [3.8, 4) is 0 Å². The minimum absolute atomic E-state index is 0.582. The summed E-state index contributed by atoms with van der Waals surface area (Å²) >= 11 is 6.19. The molecular formula is C22H25ClN4. The van der Waals surface area contributed by atoms with Crippen LogP contribution in [0.15, 0.2) is 30.6 Å². The molecular weight excluding hydrogens is 356 g/mol. The van der Waals surface area contributed by atoms with Crippen molar-refractivity contribution in [3.63, 3.8) is 0 Å². The van der Waals surface area contributed by atoms with Gasteiger partial charge in [0.1, 0.15) is 5.82 Å². The Bertz CT molecular complexity index is 958. The second-order valence-corrected chi connectivity index (χ2v) is 8.44. The van der Waals surface area contributed by atoms with Crippen LogP contribution in [0.1, 0.15) is 60.7 Å². The van der Waals surface area contributed by atoms with Crippen LogP contribution < -0.4 is 0 Å². The molecule has 140 valence electrons. The van der Waals surface area contributed by atoms with Gasteiger partial charge in [-0.1, -0.05) is 30.9 Å². The van der Waals surface area contributed by atoms with Crippen LogP contribution >= 0.6 is 11.6 Å². The minimum Gasteiger partial charge on any atom is -0.361 e.